The summed E-state index contributed by atoms with van der Waals surface area (Å²) in [7, 11) is 3.54. The number of fused-ring (bicyclic) bond motifs is 2. The van der Waals surface area contributed by atoms with E-state index in [4.69, 9.17) is 19.4 Å². The van der Waals surface area contributed by atoms with Crippen molar-refractivity contribution in [2.24, 2.45) is 0 Å². The fourth-order valence-corrected chi connectivity index (χ4v) is 4.33. The van der Waals surface area contributed by atoms with Crippen LogP contribution in [0.15, 0.2) is 30.3 Å². The van der Waals surface area contributed by atoms with Crippen molar-refractivity contribution in [3.8, 4) is 11.3 Å². The molecule has 0 unspecified atom stereocenters. The van der Waals surface area contributed by atoms with Crippen LogP contribution in [0, 0.1) is 0 Å². The number of hydrogen-bond donors (Lipinski definition) is 1. The number of aromatic carboxylic acids is 1. The Morgan fingerprint density at radius 2 is 2.00 bits per heavy atom. The number of aromatic nitrogens is 3. The lowest BCUT2D eigenvalue weighted by atomic mass is 10.0. The van der Waals surface area contributed by atoms with E-state index in [1.807, 2.05) is 18.0 Å². The van der Waals surface area contributed by atoms with Gasteiger partial charge in [-0.3, -0.25) is 0 Å². The van der Waals surface area contributed by atoms with Gasteiger partial charge >= 0.3 is 5.97 Å². The van der Waals surface area contributed by atoms with Gasteiger partial charge in [0.25, 0.3) is 0 Å². The summed E-state index contributed by atoms with van der Waals surface area (Å²) in [6, 6.07) is 7.79. The summed E-state index contributed by atoms with van der Waals surface area (Å²) in [5.74, 6) is -0.503. The van der Waals surface area contributed by atoms with Crippen molar-refractivity contribution in [3.05, 3.63) is 47.2 Å². The summed E-state index contributed by atoms with van der Waals surface area (Å²) in [5.41, 5.74) is 5.63. The molecule has 1 saturated heterocycles. The first-order valence-electron chi connectivity index (χ1n) is 11.3. The molecule has 0 radical (unpaired) electrons. The van der Waals surface area contributed by atoms with Crippen LogP contribution >= 0.6 is 0 Å². The van der Waals surface area contributed by atoms with Crippen LogP contribution in [-0.2, 0) is 15.9 Å². The molecular weight excluding hydrogens is 434 g/mol. The van der Waals surface area contributed by atoms with E-state index in [2.05, 4.69) is 34.2 Å². The molecule has 0 bridgehead atoms. The van der Waals surface area contributed by atoms with Crippen molar-refractivity contribution < 1.29 is 19.4 Å². The highest BCUT2D eigenvalue weighted by Crippen LogP contribution is 2.35. The highest BCUT2D eigenvalue weighted by atomic mass is 16.5. The minimum Gasteiger partial charge on any atom is -0.477 e. The van der Waals surface area contributed by atoms with Crippen molar-refractivity contribution >= 4 is 34.7 Å². The van der Waals surface area contributed by atoms with Crippen LogP contribution in [0.25, 0.3) is 28.4 Å². The Bertz CT molecular complexity index is 1270. The lowest BCUT2D eigenvalue weighted by Gasteiger charge is -2.28. The second-order valence-corrected chi connectivity index (χ2v) is 8.44. The minimum atomic E-state index is -1.09. The Morgan fingerprint density at radius 1 is 1.18 bits per heavy atom. The first-order valence-corrected chi connectivity index (χ1v) is 11.3. The number of ether oxygens (including phenoxy) is 2. The zero-order valence-electron chi connectivity index (χ0n) is 19.3. The van der Waals surface area contributed by atoms with E-state index in [-0.39, 0.29) is 5.69 Å². The number of rotatable bonds is 7. The quantitative estimate of drug-likeness (QED) is 0.569. The number of carbonyl (C=O) groups is 1. The number of carboxylic acid groups (broad SMARTS) is 1. The van der Waals surface area contributed by atoms with Gasteiger partial charge in [0.1, 0.15) is 16.7 Å². The molecule has 34 heavy (non-hydrogen) atoms. The number of pyridine rings is 1. The SMILES string of the molecule is COCCN(C)c1cc(C(=O)O)nc2c(-c3ccc4c(c3)C=CC4)nc(N3CCOCC3)nc12. The number of carboxylic acids is 1. The first-order chi connectivity index (χ1) is 16.5. The normalized spacial score (nSPS) is 15.1. The molecule has 176 valence electrons. The fraction of sp³-hybridized carbons (Fsp3) is 0.360. The van der Waals surface area contributed by atoms with Crippen molar-refractivity contribution in [2.75, 3.05) is 63.4 Å². The zero-order valence-corrected chi connectivity index (χ0v) is 19.3. The molecular formula is C25H27N5O4. The Kier molecular flexibility index (Phi) is 6.12. The second kappa shape index (κ2) is 9.36. The van der Waals surface area contributed by atoms with Crippen LogP contribution in [0.4, 0.5) is 11.6 Å². The van der Waals surface area contributed by atoms with Gasteiger partial charge in [0.05, 0.1) is 25.5 Å². The van der Waals surface area contributed by atoms with E-state index >= 15 is 0 Å². The molecule has 0 atom stereocenters. The fourth-order valence-electron chi connectivity index (χ4n) is 4.33. The number of allylic oxidation sites excluding steroid dienone is 1. The Morgan fingerprint density at radius 3 is 2.76 bits per heavy atom. The number of anilines is 2. The summed E-state index contributed by atoms with van der Waals surface area (Å²) in [6.07, 6.45) is 5.15. The predicted octanol–water partition coefficient (Wildman–Crippen LogP) is 2.88. The van der Waals surface area contributed by atoms with Gasteiger partial charge in [0, 0.05) is 39.4 Å². The highest BCUT2D eigenvalue weighted by molar-refractivity contribution is 6.01. The summed E-state index contributed by atoms with van der Waals surface area (Å²) in [6.45, 7) is 3.66. The zero-order chi connectivity index (χ0) is 23.7. The topological polar surface area (TPSA) is 101 Å². The third-order valence-electron chi connectivity index (χ3n) is 6.23. The lowest BCUT2D eigenvalue weighted by molar-refractivity contribution is 0.0691. The van der Waals surface area contributed by atoms with Crippen LogP contribution in [-0.4, -0.2) is 79.6 Å². The third-order valence-corrected chi connectivity index (χ3v) is 6.23. The van der Waals surface area contributed by atoms with Crippen molar-refractivity contribution in [1.29, 1.82) is 0 Å². The van der Waals surface area contributed by atoms with Gasteiger partial charge in [-0.2, -0.15) is 0 Å². The maximum absolute atomic E-state index is 12.0. The van der Waals surface area contributed by atoms with E-state index in [0.29, 0.717) is 67.8 Å². The molecule has 0 amide bonds. The van der Waals surface area contributed by atoms with Crippen LogP contribution in [0.2, 0.25) is 0 Å². The van der Waals surface area contributed by atoms with Crippen molar-refractivity contribution in [2.45, 2.75) is 6.42 Å². The number of nitrogens with zero attached hydrogens (tertiary/aromatic N) is 5. The lowest BCUT2D eigenvalue weighted by Crippen LogP contribution is -2.37. The second-order valence-electron chi connectivity index (χ2n) is 8.44. The Labute approximate surface area is 197 Å². The van der Waals surface area contributed by atoms with E-state index in [1.54, 1.807) is 13.2 Å². The number of likely N-dealkylation sites (N-methyl/N-ethyl adjacent to an activating group) is 1. The van der Waals surface area contributed by atoms with E-state index in [1.165, 1.54) is 5.56 Å². The maximum Gasteiger partial charge on any atom is 0.354 e. The van der Waals surface area contributed by atoms with Gasteiger partial charge in [-0.05, 0) is 29.7 Å². The number of morpholine rings is 1. The average Bonchev–Trinajstić information content (AvgIpc) is 3.34. The van der Waals surface area contributed by atoms with Crippen LogP contribution in [0.1, 0.15) is 21.6 Å². The summed E-state index contributed by atoms with van der Waals surface area (Å²) in [5, 5.41) is 9.80. The molecule has 2 aliphatic rings. The van der Waals surface area contributed by atoms with E-state index in [9.17, 15) is 9.90 Å². The van der Waals surface area contributed by atoms with Crippen LogP contribution in [0.5, 0.6) is 0 Å². The first kappa shape index (κ1) is 22.2. The van der Waals surface area contributed by atoms with Gasteiger partial charge in [-0.25, -0.2) is 19.7 Å². The van der Waals surface area contributed by atoms with Crippen molar-refractivity contribution in [3.63, 3.8) is 0 Å². The molecule has 9 nitrogen and oxygen atoms in total. The molecule has 0 spiro atoms. The third kappa shape index (κ3) is 4.20. The smallest absolute Gasteiger partial charge is 0.354 e. The molecule has 3 aromatic rings. The number of methoxy groups -OCH3 is 1. The van der Waals surface area contributed by atoms with Gasteiger partial charge < -0.3 is 24.4 Å². The van der Waals surface area contributed by atoms with Gasteiger partial charge in [-0.1, -0.05) is 24.3 Å². The maximum atomic E-state index is 12.0. The number of hydrogen-bond acceptors (Lipinski definition) is 8. The molecule has 1 aliphatic carbocycles. The van der Waals surface area contributed by atoms with E-state index < -0.39 is 5.97 Å². The van der Waals surface area contributed by atoms with Crippen LogP contribution in [0.3, 0.4) is 0 Å². The predicted molar refractivity (Wildman–Crippen MR) is 131 cm³/mol. The van der Waals surface area contributed by atoms with Crippen molar-refractivity contribution in [1.82, 2.24) is 15.0 Å². The molecule has 1 aromatic carbocycles. The summed E-state index contributed by atoms with van der Waals surface area (Å²) >= 11 is 0. The molecule has 9 heteroatoms. The molecule has 1 aliphatic heterocycles. The molecule has 1 fully saturated rings. The standard InChI is InChI=1S/C25H27N5O4/c1-29(8-11-33-2)20-15-19(24(31)32)26-23-21(18-7-6-16-4-3-5-17(16)14-18)27-25(28-22(20)23)30-9-12-34-13-10-30/h3,5-7,14-15H,4,8-13H2,1-2H3,(H,31,32). The van der Waals surface area contributed by atoms with E-state index in [0.717, 1.165) is 17.5 Å². The summed E-state index contributed by atoms with van der Waals surface area (Å²) < 4.78 is 10.8. The summed E-state index contributed by atoms with van der Waals surface area (Å²) in [4.78, 5) is 30.3. The Balaban J connectivity index is 1.76. The largest absolute Gasteiger partial charge is 0.477 e. The van der Waals surface area contributed by atoms with Gasteiger partial charge in [0.15, 0.2) is 5.69 Å². The molecule has 1 N–H and O–H groups in total. The molecule has 3 heterocycles. The van der Waals surface area contributed by atoms with Gasteiger partial charge in [-0.15, -0.1) is 0 Å². The molecule has 0 saturated carbocycles. The van der Waals surface area contributed by atoms with Crippen LogP contribution < -0.4 is 9.80 Å². The monoisotopic (exact) mass is 461 g/mol. The minimum absolute atomic E-state index is 0.0446. The molecule has 2 aromatic heterocycles. The number of benzene rings is 1. The molecule has 5 rings (SSSR count). The van der Waals surface area contributed by atoms with Gasteiger partial charge in [0.2, 0.25) is 5.95 Å². The average molecular weight is 462 g/mol. The Hall–Kier alpha value is -3.56. The highest BCUT2D eigenvalue weighted by Gasteiger charge is 2.23.